The van der Waals surface area contributed by atoms with Crippen LogP contribution in [0.4, 0.5) is 22.7 Å². The quantitative estimate of drug-likeness (QED) is 0.538. The molecule has 0 amide bonds. The second kappa shape index (κ2) is 8.64. The van der Waals surface area contributed by atoms with Crippen LogP contribution in [0, 0.1) is 0 Å². The smallest absolute Gasteiger partial charge is 0.0334 e. The number of rotatable bonds is 3. The Morgan fingerprint density at radius 2 is 1.00 bits per heavy atom. The van der Waals surface area contributed by atoms with Crippen molar-refractivity contribution in [2.24, 2.45) is 0 Å². The first kappa shape index (κ1) is 18.2. The van der Waals surface area contributed by atoms with Crippen LogP contribution in [0.2, 0.25) is 0 Å². The van der Waals surface area contributed by atoms with Crippen LogP contribution in [-0.2, 0) is 0 Å². The molecule has 3 aromatic rings. The number of benzene rings is 3. The van der Waals surface area contributed by atoms with Crippen LogP contribution in [0.15, 0.2) is 72.8 Å². The molecule has 0 saturated heterocycles. The maximum atomic E-state index is 5.71. The largest absolute Gasteiger partial charge is 0.399 e. The minimum Gasteiger partial charge on any atom is -0.399 e. The Labute approximate surface area is 149 Å². The van der Waals surface area contributed by atoms with Gasteiger partial charge in [-0.15, -0.1) is 0 Å². The van der Waals surface area contributed by atoms with Gasteiger partial charge < -0.3 is 22.9 Å². The van der Waals surface area contributed by atoms with Crippen molar-refractivity contribution in [3.05, 3.63) is 83.9 Å². The summed E-state index contributed by atoms with van der Waals surface area (Å²) in [6, 6.07) is 23.4. The van der Waals surface area contributed by atoms with Crippen LogP contribution in [0.25, 0.3) is 0 Å². The van der Waals surface area contributed by atoms with E-state index in [-0.39, 0.29) is 0 Å². The molecular weight excluding hydrogens is 308 g/mol. The standard InChI is InChI=1S/C15H18N2.C6H8N2/c1-2-15(11-3-7-13(16)8-4-11)12-5-9-14(17)10-6-12;7-5-2-1-3-6(8)4-5/h3-10,15H,2,16-17H2,1H3;1-4H,7-8H2. The maximum absolute atomic E-state index is 5.71. The van der Waals surface area contributed by atoms with Crippen LogP contribution in [0.1, 0.15) is 30.4 Å². The maximum Gasteiger partial charge on any atom is 0.0334 e. The van der Waals surface area contributed by atoms with Crippen molar-refractivity contribution in [1.29, 1.82) is 0 Å². The molecule has 0 aliphatic rings. The van der Waals surface area contributed by atoms with Gasteiger partial charge in [0.25, 0.3) is 0 Å². The van der Waals surface area contributed by atoms with Crippen LogP contribution in [0.5, 0.6) is 0 Å². The highest BCUT2D eigenvalue weighted by Gasteiger charge is 2.11. The molecule has 0 saturated carbocycles. The van der Waals surface area contributed by atoms with Gasteiger partial charge in [-0.3, -0.25) is 0 Å². The first-order valence-electron chi connectivity index (χ1n) is 8.31. The predicted octanol–water partition coefficient (Wildman–Crippen LogP) is 4.24. The molecule has 4 nitrogen and oxygen atoms in total. The molecule has 130 valence electrons. The van der Waals surface area contributed by atoms with Gasteiger partial charge in [-0.1, -0.05) is 37.3 Å². The Morgan fingerprint density at radius 3 is 1.28 bits per heavy atom. The SMILES string of the molecule is CCC(c1ccc(N)cc1)c1ccc(N)cc1.Nc1cccc(N)c1. The van der Waals surface area contributed by atoms with E-state index in [1.165, 1.54) is 11.1 Å². The van der Waals surface area contributed by atoms with Crippen molar-refractivity contribution in [2.75, 3.05) is 22.9 Å². The zero-order valence-electron chi connectivity index (χ0n) is 14.5. The molecule has 25 heavy (non-hydrogen) atoms. The van der Waals surface area contributed by atoms with Crippen molar-refractivity contribution < 1.29 is 0 Å². The molecule has 3 aromatic carbocycles. The minimum atomic E-state index is 0.413. The Hall–Kier alpha value is -3.14. The lowest BCUT2D eigenvalue weighted by Crippen LogP contribution is -2.00. The van der Waals surface area contributed by atoms with Crippen molar-refractivity contribution >= 4 is 22.7 Å². The number of hydrogen-bond acceptors (Lipinski definition) is 4. The van der Waals surface area contributed by atoms with Crippen LogP contribution in [0.3, 0.4) is 0 Å². The summed E-state index contributed by atoms with van der Waals surface area (Å²) in [7, 11) is 0. The summed E-state index contributed by atoms with van der Waals surface area (Å²) in [5, 5.41) is 0. The van der Waals surface area contributed by atoms with Gasteiger partial charge in [-0.2, -0.15) is 0 Å². The molecule has 0 unspecified atom stereocenters. The lowest BCUT2D eigenvalue weighted by molar-refractivity contribution is 0.778. The van der Waals surface area contributed by atoms with Crippen LogP contribution < -0.4 is 22.9 Å². The van der Waals surface area contributed by atoms with Crippen molar-refractivity contribution in [3.63, 3.8) is 0 Å². The topological polar surface area (TPSA) is 104 Å². The predicted molar refractivity (Wildman–Crippen MR) is 109 cm³/mol. The normalized spacial score (nSPS) is 10.2. The summed E-state index contributed by atoms with van der Waals surface area (Å²) < 4.78 is 0. The van der Waals surface area contributed by atoms with E-state index in [9.17, 15) is 0 Å². The van der Waals surface area contributed by atoms with E-state index in [4.69, 9.17) is 22.9 Å². The van der Waals surface area contributed by atoms with Gasteiger partial charge in [0.1, 0.15) is 0 Å². The molecule has 8 N–H and O–H groups in total. The molecule has 0 radical (unpaired) electrons. The van der Waals surface area contributed by atoms with E-state index in [1.807, 2.05) is 30.3 Å². The van der Waals surface area contributed by atoms with Crippen molar-refractivity contribution in [2.45, 2.75) is 19.3 Å². The number of hydrogen-bond donors (Lipinski definition) is 4. The third-order valence-corrected chi connectivity index (χ3v) is 4.00. The highest BCUT2D eigenvalue weighted by atomic mass is 14.6. The Morgan fingerprint density at radius 1 is 0.600 bits per heavy atom. The van der Waals surface area contributed by atoms with Gasteiger partial charge in [-0.25, -0.2) is 0 Å². The highest BCUT2D eigenvalue weighted by molar-refractivity contribution is 5.50. The molecule has 0 aliphatic carbocycles. The average molecular weight is 334 g/mol. The zero-order valence-corrected chi connectivity index (χ0v) is 14.5. The van der Waals surface area contributed by atoms with E-state index in [0.29, 0.717) is 17.3 Å². The number of nitrogens with two attached hydrogens (primary N) is 4. The van der Waals surface area contributed by atoms with Gasteiger partial charge in [0.05, 0.1) is 0 Å². The second-order valence-corrected chi connectivity index (χ2v) is 5.96. The summed E-state index contributed by atoms with van der Waals surface area (Å²) in [4.78, 5) is 0. The molecule has 0 atom stereocenters. The van der Waals surface area contributed by atoms with Gasteiger partial charge in [-0.05, 0) is 60.0 Å². The molecule has 3 rings (SSSR count). The molecule has 0 aliphatic heterocycles. The summed E-state index contributed by atoms with van der Waals surface area (Å²) >= 11 is 0. The number of nitrogen functional groups attached to an aromatic ring is 4. The Bertz CT molecular complexity index is 717. The summed E-state index contributed by atoms with van der Waals surface area (Å²) in [5.41, 5.74) is 27.8. The fourth-order valence-electron chi connectivity index (χ4n) is 2.68. The Kier molecular flexibility index (Phi) is 6.29. The van der Waals surface area contributed by atoms with E-state index >= 15 is 0 Å². The third-order valence-electron chi connectivity index (χ3n) is 4.00. The fourth-order valence-corrected chi connectivity index (χ4v) is 2.68. The average Bonchev–Trinajstić information content (AvgIpc) is 2.59. The molecule has 0 fully saturated rings. The van der Waals surface area contributed by atoms with E-state index in [1.54, 1.807) is 18.2 Å². The lowest BCUT2D eigenvalue weighted by Gasteiger charge is -2.16. The van der Waals surface area contributed by atoms with E-state index in [0.717, 1.165) is 17.8 Å². The van der Waals surface area contributed by atoms with E-state index < -0.39 is 0 Å². The van der Waals surface area contributed by atoms with Gasteiger partial charge in [0.2, 0.25) is 0 Å². The van der Waals surface area contributed by atoms with Gasteiger partial charge in [0.15, 0.2) is 0 Å². The van der Waals surface area contributed by atoms with Crippen LogP contribution >= 0.6 is 0 Å². The molecule has 0 spiro atoms. The first-order chi connectivity index (χ1) is 12.0. The molecule has 4 heteroatoms. The zero-order chi connectivity index (χ0) is 18.2. The van der Waals surface area contributed by atoms with Crippen molar-refractivity contribution in [1.82, 2.24) is 0 Å². The van der Waals surface area contributed by atoms with Gasteiger partial charge >= 0.3 is 0 Å². The van der Waals surface area contributed by atoms with Gasteiger partial charge in [0, 0.05) is 28.7 Å². The second-order valence-electron chi connectivity index (χ2n) is 5.96. The molecule has 0 aromatic heterocycles. The number of anilines is 4. The fraction of sp³-hybridized carbons (Fsp3) is 0.143. The summed E-state index contributed by atoms with van der Waals surface area (Å²) in [6.07, 6.45) is 1.06. The lowest BCUT2D eigenvalue weighted by atomic mass is 9.89. The van der Waals surface area contributed by atoms with Crippen LogP contribution in [-0.4, -0.2) is 0 Å². The highest BCUT2D eigenvalue weighted by Crippen LogP contribution is 2.28. The van der Waals surface area contributed by atoms with Crippen molar-refractivity contribution in [3.8, 4) is 0 Å². The minimum absolute atomic E-state index is 0.413. The Balaban J connectivity index is 0.000000236. The monoisotopic (exact) mass is 334 g/mol. The third kappa shape index (κ3) is 5.46. The molecule has 0 bridgehead atoms. The summed E-state index contributed by atoms with van der Waals surface area (Å²) in [6.45, 7) is 2.19. The van der Waals surface area contributed by atoms with E-state index in [2.05, 4.69) is 31.2 Å². The molecule has 0 heterocycles. The molecular formula is C21H26N4. The first-order valence-corrected chi connectivity index (χ1v) is 8.31. The summed E-state index contributed by atoms with van der Waals surface area (Å²) in [5.74, 6) is 0.413.